The predicted octanol–water partition coefficient (Wildman–Crippen LogP) is 13.3. The maximum Gasteiger partial charge on any atom is 0.0640 e. The van der Waals surface area contributed by atoms with Crippen LogP contribution in [0.3, 0.4) is 0 Å². The SMILES string of the molecule is CC1(C)c2ccccc2-c2ccc(N(c3ccc4c(c3)C(C)(C)c3ccccc3-4)c3cccc4c3sc3c5ccccc5ccc43)cc21. The van der Waals surface area contributed by atoms with E-state index in [4.69, 9.17) is 0 Å². The highest BCUT2D eigenvalue weighted by atomic mass is 32.1. The summed E-state index contributed by atoms with van der Waals surface area (Å²) in [5.74, 6) is 0. The summed E-state index contributed by atoms with van der Waals surface area (Å²) in [6.45, 7) is 9.50. The van der Waals surface area contributed by atoms with Crippen molar-refractivity contribution in [1.29, 1.82) is 0 Å². The van der Waals surface area contributed by atoms with Crippen LogP contribution in [0.5, 0.6) is 0 Å². The molecule has 1 heterocycles. The van der Waals surface area contributed by atoms with E-state index in [1.54, 1.807) is 0 Å². The highest BCUT2D eigenvalue weighted by Gasteiger charge is 2.38. The van der Waals surface area contributed by atoms with Gasteiger partial charge in [0.15, 0.2) is 0 Å². The Morgan fingerprint density at radius 3 is 1.58 bits per heavy atom. The summed E-state index contributed by atoms with van der Waals surface area (Å²) in [5.41, 5.74) is 14.4. The molecular formula is C46H35NS. The first kappa shape index (κ1) is 27.9. The van der Waals surface area contributed by atoms with Gasteiger partial charge in [0.2, 0.25) is 0 Å². The van der Waals surface area contributed by atoms with Crippen molar-refractivity contribution in [3.05, 3.63) is 162 Å². The van der Waals surface area contributed by atoms with Crippen LogP contribution in [-0.4, -0.2) is 0 Å². The molecule has 0 spiro atoms. The third-order valence-electron chi connectivity index (χ3n) is 11.3. The van der Waals surface area contributed by atoms with Crippen LogP contribution in [0.25, 0.3) is 53.2 Å². The Kier molecular flexibility index (Phi) is 5.63. The fourth-order valence-electron chi connectivity index (χ4n) is 8.78. The molecule has 2 aliphatic rings. The lowest BCUT2D eigenvalue weighted by atomic mass is 9.82. The van der Waals surface area contributed by atoms with Crippen molar-refractivity contribution in [2.75, 3.05) is 4.90 Å². The summed E-state index contributed by atoms with van der Waals surface area (Å²) in [7, 11) is 0. The molecule has 2 aliphatic carbocycles. The van der Waals surface area contributed by atoms with Crippen LogP contribution in [-0.2, 0) is 10.8 Å². The summed E-state index contributed by atoms with van der Waals surface area (Å²) >= 11 is 1.92. The number of nitrogens with zero attached hydrogens (tertiary/aromatic N) is 1. The molecule has 1 nitrogen and oxygen atoms in total. The Hall–Kier alpha value is -5.18. The van der Waals surface area contributed by atoms with E-state index in [1.165, 1.54) is 92.5 Å². The summed E-state index contributed by atoms with van der Waals surface area (Å²) in [4.78, 5) is 2.53. The van der Waals surface area contributed by atoms with Crippen LogP contribution in [0.1, 0.15) is 49.9 Å². The third kappa shape index (κ3) is 3.67. The maximum atomic E-state index is 2.53. The van der Waals surface area contributed by atoms with Gasteiger partial charge in [0.05, 0.1) is 10.4 Å². The number of benzene rings is 7. The summed E-state index contributed by atoms with van der Waals surface area (Å²) in [6, 6.07) is 52.4. The molecule has 0 bridgehead atoms. The zero-order valence-electron chi connectivity index (χ0n) is 27.6. The second kappa shape index (κ2) is 9.69. The van der Waals surface area contributed by atoms with E-state index in [0.29, 0.717) is 0 Å². The van der Waals surface area contributed by atoms with E-state index >= 15 is 0 Å². The molecule has 0 amide bonds. The molecule has 8 aromatic rings. The molecule has 0 saturated heterocycles. The molecular weight excluding hydrogens is 599 g/mol. The van der Waals surface area contributed by atoms with Gasteiger partial charge in [-0.2, -0.15) is 0 Å². The fraction of sp³-hybridized carbons (Fsp3) is 0.130. The Morgan fingerprint density at radius 1 is 0.417 bits per heavy atom. The molecule has 1 aromatic heterocycles. The number of hydrogen-bond acceptors (Lipinski definition) is 2. The molecule has 230 valence electrons. The summed E-state index contributed by atoms with van der Waals surface area (Å²) < 4.78 is 2.67. The zero-order chi connectivity index (χ0) is 32.4. The quantitative estimate of drug-likeness (QED) is 0.187. The van der Waals surface area contributed by atoms with Gasteiger partial charge in [-0.3, -0.25) is 0 Å². The molecule has 0 aliphatic heterocycles. The molecule has 0 atom stereocenters. The highest BCUT2D eigenvalue weighted by Crippen LogP contribution is 2.54. The molecule has 2 heteroatoms. The monoisotopic (exact) mass is 633 g/mol. The minimum atomic E-state index is -0.0856. The third-order valence-corrected chi connectivity index (χ3v) is 12.5. The number of anilines is 3. The van der Waals surface area contributed by atoms with Crippen LogP contribution in [0.15, 0.2) is 140 Å². The largest absolute Gasteiger partial charge is 0.309 e. The Bertz CT molecular complexity index is 2530. The van der Waals surface area contributed by atoms with Gasteiger partial charge in [-0.15, -0.1) is 11.3 Å². The van der Waals surface area contributed by atoms with E-state index in [9.17, 15) is 0 Å². The van der Waals surface area contributed by atoms with Crippen molar-refractivity contribution >= 4 is 59.3 Å². The highest BCUT2D eigenvalue weighted by molar-refractivity contribution is 7.27. The first-order valence-corrected chi connectivity index (χ1v) is 17.8. The zero-order valence-corrected chi connectivity index (χ0v) is 28.5. The average molecular weight is 634 g/mol. The second-order valence-electron chi connectivity index (χ2n) is 14.6. The van der Waals surface area contributed by atoms with Crippen molar-refractivity contribution in [1.82, 2.24) is 0 Å². The van der Waals surface area contributed by atoms with E-state index in [1.807, 2.05) is 11.3 Å². The number of fused-ring (bicyclic) bond motifs is 11. The van der Waals surface area contributed by atoms with Crippen molar-refractivity contribution in [3.63, 3.8) is 0 Å². The van der Waals surface area contributed by atoms with Gasteiger partial charge in [0, 0.05) is 37.7 Å². The Labute approximate surface area is 285 Å². The Morgan fingerprint density at radius 2 is 0.938 bits per heavy atom. The predicted molar refractivity (Wildman–Crippen MR) is 207 cm³/mol. The normalized spacial score (nSPS) is 15.0. The topological polar surface area (TPSA) is 3.24 Å². The van der Waals surface area contributed by atoms with E-state index in [-0.39, 0.29) is 10.8 Å². The van der Waals surface area contributed by atoms with Gasteiger partial charge in [-0.05, 0) is 85.6 Å². The second-order valence-corrected chi connectivity index (χ2v) is 15.6. The number of thiophene rings is 1. The standard InChI is InChI=1S/C46H35NS/c1-45(2)38-17-9-7-14-32(38)34-24-21-29(26-40(34)45)47(30-22-25-35-33-15-8-10-18-39(33)46(3,4)41(35)27-30)42-19-11-16-36-37-23-20-28-12-5-6-13-31(28)43(37)48-44(36)42/h5-27H,1-4H3. The van der Waals surface area contributed by atoms with Crippen LogP contribution in [0.2, 0.25) is 0 Å². The molecule has 48 heavy (non-hydrogen) atoms. The molecule has 0 unspecified atom stereocenters. The van der Waals surface area contributed by atoms with E-state index < -0.39 is 0 Å². The fourth-order valence-corrected chi connectivity index (χ4v) is 10.1. The van der Waals surface area contributed by atoms with Crippen LogP contribution in [0, 0.1) is 0 Å². The van der Waals surface area contributed by atoms with Gasteiger partial charge in [0.1, 0.15) is 0 Å². The molecule has 0 saturated carbocycles. The van der Waals surface area contributed by atoms with E-state index in [2.05, 4.69) is 172 Å². The Balaban J connectivity index is 1.24. The number of rotatable bonds is 3. The summed E-state index contributed by atoms with van der Waals surface area (Å²) in [5, 5.41) is 5.25. The van der Waals surface area contributed by atoms with Gasteiger partial charge in [0.25, 0.3) is 0 Å². The van der Waals surface area contributed by atoms with Gasteiger partial charge in [-0.25, -0.2) is 0 Å². The maximum absolute atomic E-state index is 2.53. The van der Waals surface area contributed by atoms with Crippen molar-refractivity contribution in [2.45, 2.75) is 38.5 Å². The van der Waals surface area contributed by atoms with Crippen LogP contribution >= 0.6 is 11.3 Å². The average Bonchev–Trinajstić information content (AvgIpc) is 3.69. The first-order valence-electron chi connectivity index (χ1n) is 16.9. The van der Waals surface area contributed by atoms with Crippen LogP contribution in [0.4, 0.5) is 17.1 Å². The van der Waals surface area contributed by atoms with Crippen molar-refractivity contribution in [2.24, 2.45) is 0 Å². The lowest BCUT2D eigenvalue weighted by molar-refractivity contribution is 0.660. The smallest absolute Gasteiger partial charge is 0.0640 e. The van der Waals surface area contributed by atoms with Gasteiger partial charge >= 0.3 is 0 Å². The van der Waals surface area contributed by atoms with Crippen molar-refractivity contribution < 1.29 is 0 Å². The van der Waals surface area contributed by atoms with Gasteiger partial charge < -0.3 is 4.90 Å². The number of hydrogen-bond donors (Lipinski definition) is 0. The molecule has 7 aromatic carbocycles. The van der Waals surface area contributed by atoms with Crippen molar-refractivity contribution in [3.8, 4) is 22.3 Å². The van der Waals surface area contributed by atoms with E-state index in [0.717, 1.165) is 0 Å². The summed E-state index contributed by atoms with van der Waals surface area (Å²) in [6.07, 6.45) is 0. The lowest BCUT2D eigenvalue weighted by Crippen LogP contribution is -2.18. The molecule has 0 N–H and O–H groups in total. The molecule has 0 radical (unpaired) electrons. The minimum Gasteiger partial charge on any atom is -0.309 e. The van der Waals surface area contributed by atoms with Gasteiger partial charge in [-0.1, -0.05) is 137 Å². The molecule has 10 rings (SSSR count). The first-order chi connectivity index (χ1) is 23.3. The lowest BCUT2D eigenvalue weighted by Gasteiger charge is -2.30. The van der Waals surface area contributed by atoms with Crippen LogP contribution < -0.4 is 4.90 Å². The molecule has 0 fully saturated rings. The minimum absolute atomic E-state index is 0.0856.